The van der Waals surface area contributed by atoms with Crippen LogP contribution < -0.4 is 0 Å². The average molecular weight is 552 g/mol. The van der Waals surface area contributed by atoms with Crippen LogP contribution >= 0.6 is 0 Å². The van der Waals surface area contributed by atoms with Crippen molar-refractivity contribution in [3.8, 4) is 50.8 Å². The molecule has 0 saturated carbocycles. The second-order valence-corrected chi connectivity index (χ2v) is 10.6. The van der Waals surface area contributed by atoms with Crippen LogP contribution in [0.25, 0.3) is 77.5 Å². The van der Waals surface area contributed by atoms with Crippen LogP contribution in [0.1, 0.15) is 0 Å². The Hall–Kier alpha value is -5.87. The molecule has 0 fully saturated rings. The van der Waals surface area contributed by atoms with Gasteiger partial charge in [-0.25, -0.2) is 9.97 Å². The monoisotopic (exact) mass is 551 g/mol. The Labute approximate surface area is 248 Å². The van der Waals surface area contributed by atoms with Crippen molar-refractivity contribution in [2.75, 3.05) is 0 Å². The Morgan fingerprint density at radius 1 is 0.465 bits per heavy atom. The maximum absolute atomic E-state index is 11.5. The van der Waals surface area contributed by atoms with E-state index in [1.54, 1.807) is 6.20 Å². The third kappa shape index (κ3) is 4.37. The quantitative estimate of drug-likeness (QED) is 0.221. The van der Waals surface area contributed by atoms with E-state index in [-0.39, 0.29) is 5.75 Å². The molecular weight excluding hydrogens is 526 g/mol. The molecule has 0 unspecified atom stereocenters. The van der Waals surface area contributed by atoms with Crippen LogP contribution in [0.2, 0.25) is 0 Å². The maximum Gasteiger partial charge on any atom is 0.160 e. The third-order valence-corrected chi connectivity index (χ3v) is 8.00. The summed E-state index contributed by atoms with van der Waals surface area (Å²) in [6.07, 6.45) is 1.72. The summed E-state index contributed by atoms with van der Waals surface area (Å²) in [7, 11) is 0. The van der Waals surface area contributed by atoms with Gasteiger partial charge >= 0.3 is 0 Å². The van der Waals surface area contributed by atoms with E-state index in [0.29, 0.717) is 11.3 Å². The highest BCUT2D eigenvalue weighted by molar-refractivity contribution is 6.15. The predicted octanol–water partition coefficient (Wildman–Crippen LogP) is 9.70. The summed E-state index contributed by atoms with van der Waals surface area (Å²) < 4.78 is 0. The van der Waals surface area contributed by atoms with Gasteiger partial charge in [-0.05, 0) is 51.9 Å². The van der Waals surface area contributed by atoms with E-state index in [1.165, 1.54) is 0 Å². The molecule has 0 amide bonds. The van der Waals surface area contributed by atoms with Gasteiger partial charge in [0.1, 0.15) is 11.3 Å². The summed E-state index contributed by atoms with van der Waals surface area (Å²) in [5.41, 5.74) is 7.08. The predicted molar refractivity (Wildman–Crippen MR) is 176 cm³/mol. The van der Waals surface area contributed by atoms with Crippen molar-refractivity contribution in [2.24, 2.45) is 0 Å². The van der Waals surface area contributed by atoms with Gasteiger partial charge in [-0.3, -0.25) is 4.98 Å². The van der Waals surface area contributed by atoms with Crippen molar-refractivity contribution in [2.45, 2.75) is 0 Å². The number of hydrogen-bond acceptors (Lipinski definition) is 4. The number of phenolic OH excluding ortho intramolecular Hbond substituents is 1. The lowest BCUT2D eigenvalue weighted by Gasteiger charge is -2.15. The van der Waals surface area contributed by atoms with Crippen molar-refractivity contribution in [3.63, 3.8) is 0 Å². The number of rotatable bonds is 4. The minimum Gasteiger partial charge on any atom is -0.505 e. The normalized spacial score (nSPS) is 11.3. The lowest BCUT2D eigenvalue weighted by molar-refractivity contribution is 0.482. The van der Waals surface area contributed by atoms with E-state index in [0.717, 1.165) is 66.1 Å². The molecule has 0 aliphatic rings. The van der Waals surface area contributed by atoms with Gasteiger partial charge in [-0.1, -0.05) is 109 Å². The topological polar surface area (TPSA) is 58.9 Å². The number of phenols is 1. The zero-order valence-corrected chi connectivity index (χ0v) is 23.1. The number of pyridine rings is 1. The third-order valence-electron chi connectivity index (χ3n) is 8.00. The van der Waals surface area contributed by atoms with Gasteiger partial charge in [0.05, 0.1) is 11.4 Å². The van der Waals surface area contributed by atoms with Crippen LogP contribution in [-0.4, -0.2) is 20.1 Å². The van der Waals surface area contributed by atoms with Gasteiger partial charge in [0.2, 0.25) is 0 Å². The van der Waals surface area contributed by atoms with Gasteiger partial charge in [-0.15, -0.1) is 0 Å². The van der Waals surface area contributed by atoms with E-state index >= 15 is 0 Å². The molecule has 1 N–H and O–H groups in total. The molecule has 0 aliphatic heterocycles. The van der Waals surface area contributed by atoms with Crippen LogP contribution in [0.4, 0.5) is 0 Å². The molecule has 0 saturated heterocycles. The molecule has 43 heavy (non-hydrogen) atoms. The van der Waals surface area contributed by atoms with Crippen LogP contribution in [0, 0.1) is 0 Å². The fraction of sp³-hybridized carbons (Fsp3) is 0. The van der Waals surface area contributed by atoms with Crippen molar-refractivity contribution < 1.29 is 5.11 Å². The molecule has 2 aromatic heterocycles. The van der Waals surface area contributed by atoms with Gasteiger partial charge in [0.25, 0.3) is 0 Å². The summed E-state index contributed by atoms with van der Waals surface area (Å²) in [5.74, 6) is 0.875. The highest BCUT2D eigenvalue weighted by Crippen LogP contribution is 2.43. The molecule has 0 radical (unpaired) electrons. The minimum absolute atomic E-state index is 0.190. The highest BCUT2D eigenvalue weighted by atomic mass is 16.3. The van der Waals surface area contributed by atoms with Crippen molar-refractivity contribution in [1.29, 1.82) is 0 Å². The fourth-order valence-corrected chi connectivity index (χ4v) is 5.92. The van der Waals surface area contributed by atoms with Crippen LogP contribution in [0.5, 0.6) is 5.75 Å². The summed E-state index contributed by atoms with van der Waals surface area (Å²) >= 11 is 0. The average Bonchev–Trinajstić information content (AvgIpc) is 3.08. The van der Waals surface area contributed by atoms with E-state index in [4.69, 9.17) is 9.97 Å². The molecule has 4 heteroatoms. The molecule has 8 aromatic rings. The molecular formula is C39H25N3O. The SMILES string of the molecule is Oc1c(-c2c3ccccc3cc3cc(-c4cc(-c5ccccc5)nc(-c5ccccc5)n4)ccc23)ccc2cccnc12. The zero-order valence-electron chi connectivity index (χ0n) is 23.1. The first-order chi connectivity index (χ1) is 21.2. The summed E-state index contributed by atoms with van der Waals surface area (Å²) in [4.78, 5) is 14.5. The Bertz CT molecular complexity index is 2240. The van der Waals surface area contributed by atoms with Crippen LogP contribution in [0.3, 0.4) is 0 Å². The van der Waals surface area contributed by atoms with Crippen LogP contribution in [-0.2, 0) is 0 Å². The number of benzene rings is 6. The van der Waals surface area contributed by atoms with E-state index in [2.05, 4.69) is 59.6 Å². The van der Waals surface area contributed by atoms with Gasteiger partial charge in [0.15, 0.2) is 5.82 Å². The first kappa shape index (κ1) is 24.9. The summed E-state index contributed by atoms with van der Waals surface area (Å²) in [6, 6.07) is 47.2. The molecule has 0 atom stereocenters. The molecule has 2 heterocycles. The second kappa shape index (κ2) is 10.2. The Balaban J connectivity index is 1.36. The van der Waals surface area contributed by atoms with Crippen LogP contribution in [0.15, 0.2) is 146 Å². The van der Waals surface area contributed by atoms with Gasteiger partial charge in [0, 0.05) is 39.4 Å². The Kier molecular flexibility index (Phi) is 5.90. The minimum atomic E-state index is 0.190. The van der Waals surface area contributed by atoms with Gasteiger partial charge in [-0.2, -0.15) is 0 Å². The fourth-order valence-electron chi connectivity index (χ4n) is 5.92. The Morgan fingerprint density at radius 3 is 1.95 bits per heavy atom. The van der Waals surface area contributed by atoms with Crippen molar-refractivity contribution in [1.82, 2.24) is 15.0 Å². The van der Waals surface area contributed by atoms with Crippen molar-refractivity contribution in [3.05, 3.63) is 146 Å². The molecule has 6 aromatic carbocycles. The molecule has 202 valence electrons. The largest absolute Gasteiger partial charge is 0.505 e. The lowest BCUT2D eigenvalue weighted by atomic mass is 9.90. The highest BCUT2D eigenvalue weighted by Gasteiger charge is 2.17. The number of aromatic hydroxyl groups is 1. The number of hydrogen-bond donors (Lipinski definition) is 1. The zero-order chi connectivity index (χ0) is 28.8. The van der Waals surface area contributed by atoms with Crippen molar-refractivity contribution >= 4 is 32.4 Å². The number of nitrogens with zero attached hydrogens (tertiary/aromatic N) is 3. The standard InChI is InChI=1S/C39H25N3O/c43-38-33(20-17-26-15-9-21-40-37(26)38)36-31-16-8-7-14-28(31)22-30-23-29(18-19-32(30)36)35-24-34(25-10-3-1-4-11-25)41-39(42-35)27-12-5-2-6-13-27/h1-24,43H. The first-order valence-electron chi connectivity index (χ1n) is 14.3. The molecule has 4 nitrogen and oxygen atoms in total. The smallest absolute Gasteiger partial charge is 0.160 e. The van der Waals surface area contributed by atoms with E-state index in [1.807, 2.05) is 84.9 Å². The molecule has 0 spiro atoms. The first-order valence-corrected chi connectivity index (χ1v) is 14.3. The summed E-state index contributed by atoms with van der Waals surface area (Å²) in [6.45, 7) is 0. The number of fused-ring (bicyclic) bond motifs is 3. The molecule has 0 bridgehead atoms. The van der Waals surface area contributed by atoms with E-state index < -0.39 is 0 Å². The second-order valence-electron chi connectivity index (χ2n) is 10.6. The maximum atomic E-state index is 11.5. The molecule has 8 rings (SSSR count). The summed E-state index contributed by atoms with van der Waals surface area (Å²) in [5, 5.41) is 16.6. The molecule has 0 aliphatic carbocycles. The number of aromatic nitrogens is 3. The van der Waals surface area contributed by atoms with E-state index in [9.17, 15) is 5.11 Å². The van der Waals surface area contributed by atoms with Gasteiger partial charge < -0.3 is 5.11 Å². The lowest BCUT2D eigenvalue weighted by Crippen LogP contribution is -1.96. The Morgan fingerprint density at radius 2 is 1.14 bits per heavy atom.